The van der Waals surface area contributed by atoms with Crippen LogP contribution in [0.25, 0.3) is 0 Å². The van der Waals surface area contributed by atoms with E-state index in [0.29, 0.717) is 32.1 Å². The molecule has 2 rings (SSSR count). The molecule has 112 valence electrons. The zero-order valence-corrected chi connectivity index (χ0v) is 13.0. The van der Waals surface area contributed by atoms with Gasteiger partial charge in [-0.15, -0.1) is 0 Å². The van der Waals surface area contributed by atoms with Crippen LogP contribution in [0.15, 0.2) is 0 Å². The van der Waals surface area contributed by atoms with Crippen LogP contribution in [0.5, 0.6) is 0 Å². The van der Waals surface area contributed by atoms with E-state index in [1.807, 2.05) is 0 Å². The largest absolute Gasteiger partial charge is 0.301 e. The fourth-order valence-electron chi connectivity index (χ4n) is 3.02. The van der Waals surface area contributed by atoms with E-state index in [1.165, 1.54) is 0 Å². The Morgan fingerprint density at radius 2 is 1.74 bits per heavy atom. The average molecular weight is 289 g/mol. The summed E-state index contributed by atoms with van der Waals surface area (Å²) in [6.07, 6.45) is 3.28. The van der Waals surface area contributed by atoms with Gasteiger partial charge < -0.3 is 4.90 Å². The van der Waals surface area contributed by atoms with Crippen LogP contribution in [-0.2, 0) is 10.2 Å². The van der Waals surface area contributed by atoms with Crippen LogP contribution < -0.4 is 0 Å². The van der Waals surface area contributed by atoms with Gasteiger partial charge in [-0.25, -0.2) is 0 Å². The van der Waals surface area contributed by atoms with Crippen molar-refractivity contribution >= 4 is 10.2 Å². The number of piperazine rings is 1. The molecule has 6 heteroatoms. The number of hydrogen-bond acceptors (Lipinski definition) is 3. The third-order valence-corrected chi connectivity index (χ3v) is 6.15. The maximum absolute atomic E-state index is 12.6. The second kappa shape index (κ2) is 6.52. The van der Waals surface area contributed by atoms with Crippen molar-refractivity contribution in [2.45, 2.75) is 33.1 Å². The summed E-state index contributed by atoms with van der Waals surface area (Å²) in [7, 11) is -3.22. The maximum Gasteiger partial charge on any atom is 0.282 e. The number of rotatable bonds is 4. The van der Waals surface area contributed by atoms with Crippen molar-refractivity contribution in [1.82, 2.24) is 13.5 Å². The summed E-state index contributed by atoms with van der Waals surface area (Å²) in [5.41, 5.74) is 0. The normalized spacial score (nSPS) is 28.6. The van der Waals surface area contributed by atoms with Gasteiger partial charge in [0.05, 0.1) is 0 Å². The molecule has 2 fully saturated rings. The Labute approximate surface area is 117 Å². The molecular formula is C13H27N3O2S. The van der Waals surface area contributed by atoms with Crippen LogP contribution in [0.4, 0.5) is 0 Å². The van der Waals surface area contributed by atoms with Gasteiger partial charge in [0.1, 0.15) is 0 Å². The summed E-state index contributed by atoms with van der Waals surface area (Å²) in [4.78, 5) is 2.35. The standard InChI is InChI=1S/C13H27N3O2S/c1-3-6-14-8-10-15(11-9-14)19(17,18)16-7-4-5-13(2)12-16/h13H,3-12H2,1-2H3/t13-/m0/s1. The van der Waals surface area contributed by atoms with Crippen LogP contribution in [0.3, 0.4) is 0 Å². The molecule has 2 saturated heterocycles. The highest BCUT2D eigenvalue weighted by Crippen LogP contribution is 2.21. The molecule has 0 bridgehead atoms. The molecule has 0 saturated carbocycles. The SMILES string of the molecule is CCCN1CCN(S(=O)(=O)N2CCC[C@H](C)C2)CC1. The molecule has 0 unspecified atom stereocenters. The van der Waals surface area contributed by atoms with Crippen molar-refractivity contribution in [2.75, 3.05) is 45.8 Å². The van der Waals surface area contributed by atoms with Crippen molar-refractivity contribution in [3.8, 4) is 0 Å². The van der Waals surface area contributed by atoms with Crippen LogP contribution in [0.1, 0.15) is 33.1 Å². The second-order valence-electron chi connectivity index (χ2n) is 5.85. The van der Waals surface area contributed by atoms with E-state index < -0.39 is 10.2 Å². The third-order valence-electron chi connectivity index (χ3n) is 4.14. The Morgan fingerprint density at radius 3 is 2.32 bits per heavy atom. The molecule has 2 aliphatic rings. The highest BCUT2D eigenvalue weighted by atomic mass is 32.2. The molecule has 0 aliphatic carbocycles. The van der Waals surface area contributed by atoms with Crippen molar-refractivity contribution in [1.29, 1.82) is 0 Å². The summed E-state index contributed by atoms with van der Waals surface area (Å²) < 4.78 is 28.5. The molecule has 0 spiro atoms. The van der Waals surface area contributed by atoms with E-state index >= 15 is 0 Å². The van der Waals surface area contributed by atoms with Crippen molar-refractivity contribution < 1.29 is 8.42 Å². The fraction of sp³-hybridized carbons (Fsp3) is 1.00. The molecule has 0 aromatic rings. The minimum Gasteiger partial charge on any atom is -0.301 e. The highest BCUT2D eigenvalue weighted by Gasteiger charge is 2.34. The monoisotopic (exact) mass is 289 g/mol. The second-order valence-corrected chi connectivity index (χ2v) is 7.78. The molecule has 2 heterocycles. The Kier molecular flexibility index (Phi) is 5.22. The predicted octanol–water partition coefficient (Wildman–Crippen LogP) is 0.991. The van der Waals surface area contributed by atoms with Gasteiger partial charge in [0.2, 0.25) is 0 Å². The van der Waals surface area contributed by atoms with Gasteiger partial charge in [-0.05, 0) is 31.7 Å². The first kappa shape index (κ1) is 15.2. The maximum atomic E-state index is 12.6. The summed E-state index contributed by atoms with van der Waals surface area (Å²) in [6.45, 7) is 9.81. The van der Waals surface area contributed by atoms with Crippen LogP contribution in [0, 0.1) is 5.92 Å². The lowest BCUT2D eigenvalue weighted by Gasteiger charge is -2.38. The summed E-state index contributed by atoms with van der Waals surface area (Å²) in [5.74, 6) is 0.491. The lowest BCUT2D eigenvalue weighted by molar-refractivity contribution is 0.175. The Morgan fingerprint density at radius 1 is 1.05 bits per heavy atom. The van der Waals surface area contributed by atoms with E-state index in [-0.39, 0.29) is 0 Å². The molecule has 0 N–H and O–H groups in total. The lowest BCUT2D eigenvalue weighted by Crippen LogP contribution is -2.54. The third kappa shape index (κ3) is 3.68. The van der Waals surface area contributed by atoms with Gasteiger partial charge in [0.15, 0.2) is 0 Å². The smallest absolute Gasteiger partial charge is 0.282 e. The molecule has 1 atom stereocenters. The van der Waals surface area contributed by atoms with E-state index in [9.17, 15) is 8.42 Å². The minimum absolute atomic E-state index is 0.491. The first-order valence-electron chi connectivity index (χ1n) is 7.51. The van der Waals surface area contributed by atoms with Gasteiger partial charge in [0.25, 0.3) is 10.2 Å². The quantitative estimate of drug-likeness (QED) is 0.775. The van der Waals surface area contributed by atoms with Crippen molar-refractivity contribution in [3.63, 3.8) is 0 Å². The van der Waals surface area contributed by atoms with Gasteiger partial charge >= 0.3 is 0 Å². The topological polar surface area (TPSA) is 43.9 Å². The van der Waals surface area contributed by atoms with Crippen LogP contribution in [-0.4, -0.2) is 67.7 Å². The zero-order valence-electron chi connectivity index (χ0n) is 12.2. The van der Waals surface area contributed by atoms with Crippen LogP contribution >= 0.6 is 0 Å². The fourth-order valence-corrected chi connectivity index (χ4v) is 4.77. The van der Waals surface area contributed by atoms with Gasteiger partial charge in [0, 0.05) is 39.3 Å². The van der Waals surface area contributed by atoms with E-state index in [0.717, 1.165) is 38.9 Å². The van der Waals surface area contributed by atoms with Crippen molar-refractivity contribution in [3.05, 3.63) is 0 Å². The Balaban J connectivity index is 1.93. The summed E-state index contributed by atoms with van der Waals surface area (Å²) >= 11 is 0. The van der Waals surface area contributed by atoms with Crippen molar-refractivity contribution in [2.24, 2.45) is 5.92 Å². The van der Waals surface area contributed by atoms with Gasteiger partial charge in [-0.2, -0.15) is 17.0 Å². The average Bonchev–Trinajstić information content (AvgIpc) is 2.40. The van der Waals surface area contributed by atoms with Gasteiger partial charge in [-0.1, -0.05) is 13.8 Å². The minimum atomic E-state index is -3.22. The molecule has 2 aliphatic heterocycles. The highest BCUT2D eigenvalue weighted by molar-refractivity contribution is 7.86. The first-order valence-corrected chi connectivity index (χ1v) is 8.91. The Bertz CT molecular complexity index is 377. The lowest BCUT2D eigenvalue weighted by atomic mass is 10.0. The molecule has 19 heavy (non-hydrogen) atoms. The van der Waals surface area contributed by atoms with E-state index in [2.05, 4.69) is 18.7 Å². The number of hydrogen-bond donors (Lipinski definition) is 0. The van der Waals surface area contributed by atoms with E-state index in [4.69, 9.17) is 0 Å². The summed E-state index contributed by atoms with van der Waals surface area (Å²) in [6, 6.07) is 0. The molecule has 0 radical (unpaired) electrons. The molecule has 0 amide bonds. The molecular weight excluding hydrogens is 262 g/mol. The molecule has 0 aromatic heterocycles. The number of nitrogens with zero attached hydrogens (tertiary/aromatic N) is 3. The van der Waals surface area contributed by atoms with Gasteiger partial charge in [-0.3, -0.25) is 0 Å². The molecule has 0 aromatic carbocycles. The zero-order chi connectivity index (χ0) is 13.9. The predicted molar refractivity (Wildman–Crippen MR) is 77.2 cm³/mol. The van der Waals surface area contributed by atoms with Crippen LogP contribution in [0.2, 0.25) is 0 Å². The Hall–Kier alpha value is -0.170. The number of piperidine rings is 1. The molecule has 5 nitrogen and oxygen atoms in total. The van der Waals surface area contributed by atoms with E-state index in [1.54, 1.807) is 8.61 Å². The summed E-state index contributed by atoms with van der Waals surface area (Å²) in [5, 5.41) is 0. The first-order chi connectivity index (χ1) is 9.04.